The Labute approximate surface area is 190 Å². The summed E-state index contributed by atoms with van der Waals surface area (Å²) in [4.78, 5) is 12.7. The Hall–Kier alpha value is -2.81. The van der Waals surface area contributed by atoms with E-state index in [4.69, 9.17) is 11.6 Å². The van der Waals surface area contributed by atoms with E-state index in [1.807, 2.05) is 6.92 Å². The van der Waals surface area contributed by atoms with E-state index >= 15 is 0 Å². The molecular weight excluding hydrogens is 458 g/mol. The maximum atomic E-state index is 14.4. The van der Waals surface area contributed by atoms with E-state index < -0.39 is 40.7 Å². The van der Waals surface area contributed by atoms with Crippen LogP contribution in [0.25, 0.3) is 0 Å². The molecule has 0 saturated heterocycles. The Morgan fingerprint density at radius 2 is 1.72 bits per heavy atom. The summed E-state index contributed by atoms with van der Waals surface area (Å²) >= 11 is 6.09. The lowest BCUT2D eigenvalue weighted by Gasteiger charge is -2.23. The summed E-state index contributed by atoms with van der Waals surface area (Å²) in [5.41, 5.74) is 1.61. The van der Waals surface area contributed by atoms with Crippen molar-refractivity contribution in [3.05, 3.63) is 94.0 Å². The third-order valence-electron chi connectivity index (χ3n) is 4.85. The summed E-state index contributed by atoms with van der Waals surface area (Å²) < 4.78 is 55.4. The summed E-state index contributed by atoms with van der Waals surface area (Å²) in [7, 11) is -4.18. The predicted octanol–water partition coefficient (Wildman–Crippen LogP) is 5.06. The molecule has 0 aromatic heterocycles. The lowest BCUT2D eigenvalue weighted by atomic mass is 10.2. The van der Waals surface area contributed by atoms with Crippen molar-refractivity contribution in [2.75, 3.05) is 11.9 Å². The van der Waals surface area contributed by atoms with Gasteiger partial charge in [0.2, 0.25) is 15.9 Å². The van der Waals surface area contributed by atoms with Gasteiger partial charge in [0.05, 0.1) is 11.4 Å². The van der Waals surface area contributed by atoms with Gasteiger partial charge in [-0.1, -0.05) is 41.4 Å². The van der Waals surface area contributed by atoms with Crippen molar-refractivity contribution in [1.82, 2.24) is 4.31 Å². The molecule has 3 aromatic rings. The fourth-order valence-electron chi connectivity index (χ4n) is 3.02. The fourth-order valence-corrected chi connectivity index (χ4v) is 4.61. The van der Waals surface area contributed by atoms with Crippen molar-refractivity contribution >= 4 is 33.2 Å². The van der Waals surface area contributed by atoms with Crippen molar-refractivity contribution in [2.24, 2.45) is 0 Å². The zero-order chi connectivity index (χ0) is 23.5. The fraction of sp³-hybridized carbons (Fsp3) is 0.174. The molecule has 0 fully saturated rings. The summed E-state index contributed by atoms with van der Waals surface area (Å²) in [5, 5.41) is 2.55. The molecule has 0 aliphatic rings. The predicted molar refractivity (Wildman–Crippen MR) is 120 cm³/mol. The van der Waals surface area contributed by atoms with Crippen LogP contribution in [0.1, 0.15) is 16.7 Å². The van der Waals surface area contributed by atoms with Crippen LogP contribution in [0.4, 0.5) is 14.5 Å². The van der Waals surface area contributed by atoms with Crippen LogP contribution >= 0.6 is 11.6 Å². The molecule has 0 aliphatic carbocycles. The monoisotopic (exact) mass is 478 g/mol. The first kappa shape index (κ1) is 23.8. The molecule has 5 nitrogen and oxygen atoms in total. The van der Waals surface area contributed by atoms with E-state index in [1.54, 1.807) is 19.1 Å². The van der Waals surface area contributed by atoms with Crippen molar-refractivity contribution in [2.45, 2.75) is 25.3 Å². The SMILES string of the molecule is Cc1ccc(S(=O)(=O)N(CC(=O)Nc2cc(F)ccc2C)Cc2c(F)cccc2Cl)cc1. The Morgan fingerprint density at radius 3 is 2.38 bits per heavy atom. The smallest absolute Gasteiger partial charge is 0.243 e. The molecule has 1 N–H and O–H groups in total. The van der Waals surface area contributed by atoms with E-state index in [0.717, 1.165) is 22.0 Å². The molecule has 168 valence electrons. The number of hydrogen-bond donors (Lipinski definition) is 1. The van der Waals surface area contributed by atoms with Crippen molar-refractivity contribution in [1.29, 1.82) is 0 Å². The Bertz CT molecular complexity index is 1230. The Kier molecular flexibility index (Phi) is 7.28. The number of aryl methyl sites for hydroxylation is 2. The average Bonchev–Trinajstić information content (AvgIpc) is 2.73. The molecule has 0 aliphatic heterocycles. The second-order valence-electron chi connectivity index (χ2n) is 7.29. The zero-order valence-corrected chi connectivity index (χ0v) is 19.0. The van der Waals surface area contributed by atoms with Gasteiger partial charge in [-0.3, -0.25) is 4.79 Å². The maximum Gasteiger partial charge on any atom is 0.243 e. The van der Waals surface area contributed by atoms with E-state index in [0.29, 0.717) is 5.56 Å². The van der Waals surface area contributed by atoms with E-state index in [1.165, 1.54) is 36.4 Å². The van der Waals surface area contributed by atoms with E-state index in [2.05, 4.69) is 5.32 Å². The number of hydrogen-bond acceptors (Lipinski definition) is 3. The van der Waals surface area contributed by atoms with Crippen LogP contribution in [-0.4, -0.2) is 25.2 Å². The molecule has 1 amide bonds. The van der Waals surface area contributed by atoms with Gasteiger partial charge in [-0.15, -0.1) is 0 Å². The molecule has 32 heavy (non-hydrogen) atoms. The minimum absolute atomic E-state index is 0.0375. The van der Waals surface area contributed by atoms with E-state index in [9.17, 15) is 22.0 Å². The van der Waals surface area contributed by atoms with E-state index in [-0.39, 0.29) is 21.2 Å². The second kappa shape index (κ2) is 9.77. The molecule has 0 spiro atoms. The normalized spacial score (nSPS) is 11.6. The molecule has 3 rings (SSSR count). The largest absolute Gasteiger partial charge is 0.325 e. The Balaban J connectivity index is 1.95. The maximum absolute atomic E-state index is 14.4. The quantitative estimate of drug-likeness (QED) is 0.516. The van der Waals surface area contributed by atoms with Crippen LogP contribution in [0.2, 0.25) is 5.02 Å². The number of anilines is 1. The molecule has 0 atom stereocenters. The number of nitrogens with one attached hydrogen (secondary N) is 1. The van der Waals surface area contributed by atoms with Gasteiger partial charge >= 0.3 is 0 Å². The Morgan fingerprint density at radius 1 is 1.03 bits per heavy atom. The van der Waals surface area contributed by atoms with Gasteiger partial charge in [0.15, 0.2) is 0 Å². The first-order valence-corrected chi connectivity index (χ1v) is 11.5. The minimum atomic E-state index is -4.18. The van der Waals surface area contributed by atoms with Crippen LogP contribution in [-0.2, 0) is 21.4 Å². The number of halogens is 3. The van der Waals surface area contributed by atoms with Crippen LogP contribution in [0.15, 0.2) is 65.6 Å². The highest BCUT2D eigenvalue weighted by molar-refractivity contribution is 7.89. The summed E-state index contributed by atoms with van der Waals surface area (Å²) in [6.07, 6.45) is 0. The van der Waals surface area contributed by atoms with Crippen LogP contribution in [0, 0.1) is 25.5 Å². The number of sulfonamides is 1. The van der Waals surface area contributed by atoms with Gasteiger partial charge in [0, 0.05) is 22.8 Å². The van der Waals surface area contributed by atoms with Crippen molar-refractivity contribution in [3.63, 3.8) is 0 Å². The third kappa shape index (κ3) is 5.51. The second-order valence-corrected chi connectivity index (χ2v) is 9.64. The van der Waals surface area contributed by atoms with Crippen LogP contribution < -0.4 is 5.32 Å². The highest BCUT2D eigenvalue weighted by atomic mass is 35.5. The summed E-state index contributed by atoms with van der Waals surface area (Å²) in [5.74, 6) is -1.95. The van der Waals surface area contributed by atoms with Gasteiger partial charge in [-0.25, -0.2) is 17.2 Å². The number of rotatable bonds is 7. The number of carbonyl (C=O) groups is 1. The highest BCUT2D eigenvalue weighted by Gasteiger charge is 2.28. The number of amides is 1. The highest BCUT2D eigenvalue weighted by Crippen LogP contribution is 2.25. The van der Waals surface area contributed by atoms with Gasteiger partial charge in [-0.2, -0.15) is 4.31 Å². The lowest BCUT2D eigenvalue weighted by Crippen LogP contribution is -2.38. The first-order valence-electron chi connectivity index (χ1n) is 9.63. The first-order chi connectivity index (χ1) is 15.1. The molecule has 0 bridgehead atoms. The number of carbonyl (C=O) groups excluding carboxylic acids is 1. The topological polar surface area (TPSA) is 66.5 Å². The zero-order valence-electron chi connectivity index (χ0n) is 17.4. The molecule has 0 unspecified atom stereocenters. The van der Waals surface area contributed by atoms with Crippen molar-refractivity contribution in [3.8, 4) is 0 Å². The molecule has 3 aromatic carbocycles. The summed E-state index contributed by atoms with van der Waals surface area (Å²) in [6.45, 7) is 2.39. The van der Waals surface area contributed by atoms with Crippen LogP contribution in [0.3, 0.4) is 0 Å². The van der Waals surface area contributed by atoms with Gasteiger partial charge in [0.1, 0.15) is 11.6 Å². The molecule has 0 saturated carbocycles. The van der Waals surface area contributed by atoms with Gasteiger partial charge in [-0.05, 0) is 55.8 Å². The lowest BCUT2D eigenvalue weighted by molar-refractivity contribution is -0.116. The van der Waals surface area contributed by atoms with Gasteiger partial charge < -0.3 is 5.32 Å². The molecule has 0 heterocycles. The van der Waals surface area contributed by atoms with Crippen molar-refractivity contribution < 1.29 is 22.0 Å². The third-order valence-corrected chi connectivity index (χ3v) is 7.01. The van der Waals surface area contributed by atoms with Gasteiger partial charge in [0.25, 0.3) is 0 Å². The molecule has 0 radical (unpaired) electrons. The summed E-state index contributed by atoms with van der Waals surface area (Å²) in [6, 6.07) is 13.9. The number of benzene rings is 3. The molecule has 9 heteroatoms. The molecular formula is C23H21ClF2N2O3S. The average molecular weight is 479 g/mol. The van der Waals surface area contributed by atoms with Crippen LogP contribution in [0.5, 0.6) is 0 Å². The standard InChI is InChI=1S/C23H21ClF2N2O3S/c1-15-6-10-18(11-7-15)32(30,31)28(13-19-20(24)4-3-5-21(19)26)14-23(29)27-22-12-17(25)9-8-16(22)2/h3-12H,13-14H2,1-2H3,(H,27,29). The minimum Gasteiger partial charge on any atom is -0.325 e. The number of nitrogens with zero attached hydrogens (tertiary/aromatic N) is 1.